The van der Waals surface area contributed by atoms with Crippen LogP contribution < -0.4 is 0 Å². The quantitative estimate of drug-likeness (QED) is 0.454. The Balaban J connectivity index is 0.000000396. The second kappa shape index (κ2) is 12.9. The molecule has 0 radical (unpaired) electrons. The van der Waals surface area contributed by atoms with Gasteiger partial charge in [0.05, 0.1) is 13.2 Å². The van der Waals surface area contributed by atoms with Gasteiger partial charge >= 0.3 is 29.6 Å². The summed E-state index contributed by atoms with van der Waals surface area (Å²) >= 11 is 0. The van der Waals surface area contributed by atoms with Gasteiger partial charge in [-0.25, -0.2) is 0 Å². The Morgan fingerprint density at radius 2 is 1.05 bits per heavy atom. The van der Waals surface area contributed by atoms with E-state index in [1.165, 1.54) is 11.1 Å². The molecule has 0 aliphatic heterocycles. The van der Waals surface area contributed by atoms with E-state index in [9.17, 15) is 0 Å². The van der Waals surface area contributed by atoms with E-state index >= 15 is 0 Å². The van der Waals surface area contributed by atoms with Crippen molar-refractivity contribution in [3.8, 4) is 11.1 Å². The minimum Gasteiger partial charge on any atom is -0.0622 e. The fourth-order valence-corrected chi connectivity index (χ4v) is 1.50. The Bertz CT molecular complexity index is 420. The van der Waals surface area contributed by atoms with Crippen molar-refractivity contribution in [1.29, 1.82) is 0 Å². The van der Waals surface area contributed by atoms with Crippen LogP contribution in [0.5, 0.6) is 0 Å². The van der Waals surface area contributed by atoms with Crippen molar-refractivity contribution in [1.82, 2.24) is 0 Å². The first-order valence-electron chi connectivity index (χ1n) is 6.28. The molecule has 0 aromatic heterocycles. The maximum Gasteiger partial charge on any atom is -0.0184 e. The molecule has 0 heterocycles. The van der Waals surface area contributed by atoms with Crippen molar-refractivity contribution >= 4 is 29.6 Å². The van der Waals surface area contributed by atoms with Crippen LogP contribution in [0.3, 0.4) is 0 Å². The van der Waals surface area contributed by atoms with Gasteiger partial charge in [-0.1, -0.05) is 72.8 Å². The molecule has 2 rings (SSSR count). The molecule has 0 fully saturated rings. The predicted octanol–water partition coefficient (Wildman–Crippen LogP) is 4.08. The van der Waals surface area contributed by atoms with Crippen molar-refractivity contribution in [2.45, 2.75) is 0 Å². The average molecular weight is 276 g/mol. The van der Waals surface area contributed by atoms with E-state index in [-0.39, 0.29) is 29.6 Å². The zero-order valence-corrected chi connectivity index (χ0v) is 11.2. The molecule has 0 bridgehead atoms. The summed E-state index contributed by atoms with van der Waals surface area (Å²) in [6.45, 7) is 8.18. The van der Waals surface area contributed by atoms with E-state index in [4.69, 9.17) is 4.74 Å². The summed E-state index contributed by atoms with van der Waals surface area (Å²) in [5.41, 5.74) is 2.55. The molecule has 0 amide bonds. The third-order valence-electron chi connectivity index (χ3n) is 2.35. The Morgan fingerprint density at radius 1 is 0.700 bits per heavy atom. The smallest absolute Gasteiger partial charge is 0.0184 e. The van der Waals surface area contributed by atoms with Crippen LogP contribution >= 0.6 is 0 Å². The van der Waals surface area contributed by atoms with Crippen molar-refractivity contribution in [2.24, 2.45) is 0 Å². The summed E-state index contributed by atoms with van der Waals surface area (Å²) < 4.78 is 4.90. The fraction of sp³-hybridized carbons (Fsp3) is 0.111. The second-order valence-electron chi connectivity index (χ2n) is 3.85. The van der Waals surface area contributed by atoms with E-state index in [0.29, 0.717) is 13.2 Å². The Kier molecular flexibility index (Phi) is 12.2. The molecule has 0 spiro atoms. The Morgan fingerprint density at radius 3 is 1.35 bits per heavy atom. The second-order valence-corrected chi connectivity index (χ2v) is 3.85. The standard InChI is InChI=1S/C12H10.C6H10O.Na.H/c1-3-7-11(8-4-1)12-9-5-2-6-10-12;1-3-5-7-6-4-2;;/h1-10H;3-4H,1-2,5-6H2;;. The van der Waals surface area contributed by atoms with Crippen LogP contribution in [-0.4, -0.2) is 42.8 Å². The van der Waals surface area contributed by atoms with Gasteiger partial charge in [-0.15, -0.1) is 13.2 Å². The average Bonchev–Trinajstić information content (AvgIpc) is 2.50. The van der Waals surface area contributed by atoms with Gasteiger partial charge in [-0.05, 0) is 11.1 Å². The molecule has 0 saturated heterocycles. The molecule has 2 aromatic rings. The van der Waals surface area contributed by atoms with E-state index in [2.05, 4.69) is 61.7 Å². The van der Waals surface area contributed by atoms with Crippen LogP contribution in [-0.2, 0) is 4.74 Å². The molecule has 0 aliphatic carbocycles. The van der Waals surface area contributed by atoms with Gasteiger partial charge in [-0.3, -0.25) is 0 Å². The number of hydrogen-bond donors (Lipinski definition) is 0. The van der Waals surface area contributed by atoms with Crippen molar-refractivity contribution in [3.63, 3.8) is 0 Å². The molecular formula is C18H21NaO. The minimum atomic E-state index is 0. The van der Waals surface area contributed by atoms with Crippen LogP contribution in [0, 0.1) is 0 Å². The first-order chi connectivity index (χ1) is 9.38. The zero-order chi connectivity index (χ0) is 13.8. The topological polar surface area (TPSA) is 9.23 Å². The van der Waals surface area contributed by atoms with E-state index in [1.54, 1.807) is 12.2 Å². The molecule has 0 unspecified atom stereocenters. The zero-order valence-electron chi connectivity index (χ0n) is 11.2. The number of benzene rings is 2. The number of rotatable bonds is 5. The fourth-order valence-electron chi connectivity index (χ4n) is 1.50. The SMILES string of the molecule is C=CCOCC=C.[NaH].c1ccc(-c2ccccc2)cc1. The van der Waals surface area contributed by atoms with Gasteiger partial charge in [0.15, 0.2) is 0 Å². The Hall–Kier alpha value is -1.12. The van der Waals surface area contributed by atoms with Crippen LogP contribution in [0.25, 0.3) is 11.1 Å². The van der Waals surface area contributed by atoms with Crippen LogP contribution in [0.2, 0.25) is 0 Å². The largest absolute Gasteiger partial charge is 0.0622 e. The van der Waals surface area contributed by atoms with E-state index in [0.717, 1.165) is 0 Å². The Labute approximate surface area is 144 Å². The van der Waals surface area contributed by atoms with Gasteiger partial charge in [0, 0.05) is 0 Å². The third kappa shape index (κ3) is 8.13. The maximum absolute atomic E-state index is 4.90. The maximum atomic E-state index is 4.90. The molecule has 0 atom stereocenters. The summed E-state index contributed by atoms with van der Waals surface area (Å²) in [5.74, 6) is 0. The summed E-state index contributed by atoms with van der Waals surface area (Å²) in [5, 5.41) is 0. The first-order valence-corrected chi connectivity index (χ1v) is 6.28. The molecule has 0 N–H and O–H groups in total. The third-order valence-corrected chi connectivity index (χ3v) is 2.35. The van der Waals surface area contributed by atoms with Gasteiger partial charge in [-0.2, -0.15) is 0 Å². The normalized spacial score (nSPS) is 8.60. The molecule has 0 saturated carbocycles. The van der Waals surface area contributed by atoms with Crippen LogP contribution in [0.1, 0.15) is 0 Å². The predicted molar refractivity (Wildman–Crippen MR) is 90.2 cm³/mol. The van der Waals surface area contributed by atoms with Crippen molar-refractivity contribution in [3.05, 3.63) is 86.0 Å². The van der Waals surface area contributed by atoms with Gasteiger partial charge in [0.25, 0.3) is 0 Å². The number of hydrogen-bond acceptors (Lipinski definition) is 1. The van der Waals surface area contributed by atoms with Gasteiger partial charge in [0.1, 0.15) is 0 Å². The molecule has 0 aliphatic rings. The summed E-state index contributed by atoms with van der Waals surface area (Å²) in [7, 11) is 0. The van der Waals surface area contributed by atoms with Gasteiger partial charge in [0.2, 0.25) is 0 Å². The van der Waals surface area contributed by atoms with E-state index < -0.39 is 0 Å². The first kappa shape index (κ1) is 18.9. The molecule has 2 aromatic carbocycles. The van der Waals surface area contributed by atoms with Crippen molar-refractivity contribution in [2.75, 3.05) is 13.2 Å². The minimum absolute atomic E-state index is 0. The van der Waals surface area contributed by atoms with Crippen LogP contribution in [0.4, 0.5) is 0 Å². The van der Waals surface area contributed by atoms with Gasteiger partial charge < -0.3 is 4.74 Å². The molecule has 100 valence electrons. The molecule has 20 heavy (non-hydrogen) atoms. The van der Waals surface area contributed by atoms with Crippen LogP contribution in [0.15, 0.2) is 86.0 Å². The summed E-state index contributed by atoms with van der Waals surface area (Å²) in [6.07, 6.45) is 3.42. The monoisotopic (exact) mass is 276 g/mol. The number of ether oxygens (including phenoxy) is 1. The molecule has 2 heteroatoms. The van der Waals surface area contributed by atoms with Crippen molar-refractivity contribution < 1.29 is 4.74 Å². The van der Waals surface area contributed by atoms with E-state index in [1.807, 2.05) is 12.1 Å². The molecular weight excluding hydrogens is 255 g/mol. The summed E-state index contributed by atoms with van der Waals surface area (Å²) in [6, 6.07) is 20.8. The molecule has 1 nitrogen and oxygen atoms in total. The summed E-state index contributed by atoms with van der Waals surface area (Å²) in [4.78, 5) is 0.